The van der Waals surface area contributed by atoms with Gasteiger partial charge in [0.25, 0.3) is 5.91 Å². The molecule has 0 aromatic heterocycles. The van der Waals surface area contributed by atoms with E-state index in [1.807, 2.05) is 6.92 Å². The van der Waals surface area contributed by atoms with E-state index in [0.29, 0.717) is 51.4 Å². The molecular weight excluding hydrogens is 444 g/mol. The first-order valence-electron chi connectivity index (χ1n) is 11.2. The first-order valence-corrected chi connectivity index (χ1v) is 11.2. The van der Waals surface area contributed by atoms with E-state index in [2.05, 4.69) is 0 Å². The van der Waals surface area contributed by atoms with Crippen LogP contribution < -0.4 is 0 Å². The van der Waals surface area contributed by atoms with Gasteiger partial charge in [-0.15, -0.1) is 0 Å². The third-order valence-electron chi connectivity index (χ3n) is 6.24. The van der Waals surface area contributed by atoms with Crippen molar-refractivity contribution in [3.63, 3.8) is 0 Å². The number of hydrogen-bond donors (Lipinski definition) is 0. The van der Waals surface area contributed by atoms with Crippen LogP contribution in [-0.4, -0.2) is 60.4 Å². The SMILES string of the molecule is CCCOC(=O)C1CCN(C(=O)C2CCN(C(=O)c3ccc(F)cc3C(F)(F)F)CC2)CC1. The number of likely N-dealkylation sites (tertiary alicyclic amines) is 2. The van der Waals surface area contributed by atoms with Crippen LogP contribution >= 0.6 is 0 Å². The summed E-state index contributed by atoms with van der Waals surface area (Å²) in [4.78, 5) is 40.6. The summed E-state index contributed by atoms with van der Waals surface area (Å²) in [6.07, 6.45) is -2.34. The van der Waals surface area contributed by atoms with E-state index < -0.39 is 29.0 Å². The molecule has 2 heterocycles. The molecule has 182 valence electrons. The summed E-state index contributed by atoms with van der Waals surface area (Å²) in [5, 5.41) is 0. The highest BCUT2D eigenvalue weighted by Gasteiger charge is 2.38. The van der Waals surface area contributed by atoms with E-state index in [9.17, 15) is 31.9 Å². The maximum absolute atomic E-state index is 13.3. The molecule has 0 bridgehead atoms. The maximum atomic E-state index is 13.3. The molecule has 0 N–H and O–H groups in total. The molecule has 6 nitrogen and oxygen atoms in total. The standard InChI is InChI=1S/C23H28F4N2O4/c1-2-13-33-22(32)16-7-11-28(12-8-16)20(30)15-5-9-29(10-6-15)21(31)18-4-3-17(24)14-19(18)23(25,26)27/h3-4,14-16H,2,5-13H2,1H3. The summed E-state index contributed by atoms with van der Waals surface area (Å²) in [7, 11) is 0. The minimum Gasteiger partial charge on any atom is -0.465 e. The average Bonchev–Trinajstić information content (AvgIpc) is 2.81. The molecule has 2 saturated heterocycles. The summed E-state index contributed by atoms with van der Waals surface area (Å²) in [6, 6.07) is 2.01. The van der Waals surface area contributed by atoms with Crippen LogP contribution in [0.5, 0.6) is 0 Å². The van der Waals surface area contributed by atoms with Crippen molar-refractivity contribution in [2.24, 2.45) is 11.8 Å². The zero-order valence-corrected chi connectivity index (χ0v) is 18.5. The number of carbonyl (C=O) groups excluding carboxylic acids is 3. The smallest absolute Gasteiger partial charge is 0.417 e. The summed E-state index contributed by atoms with van der Waals surface area (Å²) in [6.45, 7) is 3.50. The number of rotatable bonds is 5. The Bertz CT molecular complexity index is 874. The highest BCUT2D eigenvalue weighted by Crippen LogP contribution is 2.34. The Kier molecular flexibility index (Phi) is 7.97. The Hall–Kier alpha value is -2.65. The number of benzene rings is 1. The topological polar surface area (TPSA) is 66.9 Å². The first-order chi connectivity index (χ1) is 15.6. The molecule has 0 spiro atoms. The summed E-state index contributed by atoms with van der Waals surface area (Å²) in [5.74, 6) is -2.70. The largest absolute Gasteiger partial charge is 0.465 e. The van der Waals surface area contributed by atoms with E-state index in [1.165, 1.54) is 4.90 Å². The van der Waals surface area contributed by atoms with Gasteiger partial charge in [0, 0.05) is 32.1 Å². The molecular formula is C23H28F4N2O4. The Morgan fingerprint density at radius 2 is 1.55 bits per heavy atom. The fourth-order valence-corrected chi connectivity index (χ4v) is 4.35. The van der Waals surface area contributed by atoms with Gasteiger partial charge in [-0.3, -0.25) is 14.4 Å². The normalized spacial score (nSPS) is 18.3. The Morgan fingerprint density at radius 1 is 0.970 bits per heavy atom. The van der Waals surface area contributed by atoms with Crippen molar-refractivity contribution in [2.45, 2.75) is 45.2 Å². The fourth-order valence-electron chi connectivity index (χ4n) is 4.35. The number of hydrogen-bond acceptors (Lipinski definition) is 4. The minimum atomic E-state index is -4.85. The Labute approximate surface area is 189 Å². The van der Waals surface area contributed by atoms with Crippen molar-refractivity contribution in [3.8, 4) is 0 Å². The van der Waals surface area contributed by atoms with E-state index in [1.54, 1.807) is 4.90 Å². The number of ether oxygens (including phenoxy) is 1. The molecule has 3 rings (SSSR count). The van der Waals surface area contributed by atoms with Crippen LogP contribution in [-0.2, 0) is 20.5 Å². The summed E-state index contributed by atoms with van der Waals surface area (Å²) < 4.78 is 58.3. The predicted molar refractivity (Wildman–Crippen MR) is 111 cm³/mol. The van der Waals surface area contributed by atoms with Crippen LogP contribution in [0, 0.1) is 17.7 Å². The highest BCUT2D eigenvalue weighted by molar-refractivity contribution is 5.96. The number of carbonyl (C=O) groups is 3. The number of piperidine rings is 2. The van der Waals surface area contributed by atoms with Crippen molar-refractivity contribution in [3.05, 3.63) is 35.1 Å². The fraction of sp³-hybridized carbons (Fsp3) is 0.609. The lowest BCUT2D eigenvalue weighted by molar-refractivity contribution is -0.152. The van der Waals surface area contributed by atoms with E-state index in [4.69, 9.17) is 4.74 Å². The third-order valence-corrected chi connectivity index (χ3v) is 6.24. The Balaban J connectivity index is 1.54. The zero-order valence-electron chi connectivity index (χ0n) is 18.5. The molecule has 33 heavy (non-hydrogen) atoms. The number of nitrogens with zero attached hydrogens (tertiary/aromatic N) is 2. The van der Waals surface area contributed by atoms with E-state index in [-0.39, 0.29) is 36.8 Å². The maximum Gasteiger partial charge on any atom is 0.417 e. The quantitative estimate of drug-likeness (QED) is 0.482. The van der Waals surface area contributed by atoms with Crippen LogP contribution in [0.3, 0.4) is 0 Å². The molecule has 0 atom stereocenters. The van der Waals surface area contributed by atoms with Gasteiger partial charge in [-0.2, -0.15) is 13.2 Å². The predicted octanol–water partition coefficient (Wildman–Crippen LogP) is 3.89. The minimum absolute atomic E-state index is 0.0553. The number of halogens is 4. The van der Waals surface area contributed by atoms with Crippen LogP contribution in [0.4, 0.5) is 17.6 Å². The van der Waals surface area contributed by atoms with Crippen molar-refractivity contribution >= 4 is 17.8 Å². The number of alkyl halides is 3. The zero-order chi connectivity index (χ0) is 24.2. The monoisotopic (exact) mass is 472 g/mol. The molecule has 1 aromatic carbocycles. The van der Waals surface area contributed by atoms with Gasteiger partial charge in [0.15, 0.2) is 0 Å². The molecule has 1 aromatic rings. The lowest BCUT2D eigenvalue weighted by atomic mass is 9.91. The number of esters is 1. The molecule has 0 aliphatic carbocycles. The van der Waals surface area contributed by atoms with Crippen molar-refractivity contribution < 1.29 is 36.7 Å². The lowest BCUT2D eigenvalue weighted by Crippen LogP contribution is -2.47. The summed E-state index contributed by atoms with van der Waals surface area (Å²) >= 11 is 0. The van der Waals surface area contributed by atoms with E-state index in [0.717, 1.165) is 18.6 Å². The average molecular weight is 472 g/mol. The van der Waals surface area contributed by atoms with Gasteiger partial charge < -0.3 is 14.5 Å². The van der Waals surface area contributed by atoms with Crippen LogP contribution in [0.2, 0.25) is 0 Å². The van der Waals surface area contributed by atoms with Gasteiger partial charge in [-0.05, 0) is 50.3 Å². The van der Waals surface area contributed by atoms with E-state index >= 15 is 0 Å². The third kappa shape index (κ3) is 6.03. The van der Waals surface area contributed by atoms with Crippen molar-refractivity contribution in [1.82, 2.24) is 9.80 Å². The highest BCUT2D eigenvalue weighted by atomic mass is 19.4. The molecule has 0 radical (unpaired) electrons. The molecule has 10 heteroatoms. The van der Waals surface area contributed by atoms with Gasteiger partial charge >= 0.3 is 12.1 Å². The van der Waals surface area contributed by atoms with Gasteiger partial charge in [-0.25, -0.2) is 4.39 Å². The van der Waals surface area contributed by atoms with Crippen LogP contribution in [0.1, 0.15) is 54.9 Å². The lowest BCUT2D eigenvalue weighted by Gasteiger charge is -2.37. The van der Waals surface area contributed by atoms with Gasteiger partial charge in [-0.1, -0.05) is 6.92 Å². The second kappa shape index (κ2) is 10.5. The molecule has 2 fully saturated rings. The molecule has 2 aliphatic heterocycles. The Morgan fingerprint density at radius 3 is 2.12 bits per heavy atom. The second-order valence-corrected chi connectivity index (χ2v) is 8.52. The summed E-state index contributed by atoms with van der Waals surface area (Å²) in [5.41, 5.74) is -1.89. The van der Waals surface area contributed by atoms with Gasteiger partial charge in [0.2, 0.25) is 5.91 Å². The van der Waals surface area contributed by atoms with Crippen LogP contribution in [0.15, 0.2) is 18.2 Å². The molecule has 2 amide bonds. The molecule has 0 unspecified atom stereocenters. The van der Waals surface area contributed by atoms with Crippen molar-refractivity contribution in [1.29, 1.82) is 0 Å². The van der Waals surface area contributed by atoms with Crippen molar-refractivity contribution in [2.75, 3.05) is 32.8 Å². The van der Waals surface area contributed by atoms with Gasteiger partial charge in [0.05, 0.1) is 23.7 Å². The second-order valence-electron chi connectivity index (χ2n) is 8.52. The van der Waals surface area contributed by atoms with Crippen LogP contribution in [0.25, 0.3) is 0 Å². The first kappa shape index (κ1) is 25.0. The molecule has 2 aliphatic rings. The molecule has 0 saturated carbocycles. The van der Waals surface area contributed by atoms with Gasteiger partial charge in [0.1, 0.15) is 5.82 Å². The number of amides is 2.